The molecule has 1 aromatic rings. The second-order valence-electron chi connectivity index (χ2n) is 6.34. The molecule has 2 rings (SSSR count). The first-order valence-electron chi connectivity index (χ1n) is 8.07. The summed E-state index contributed by atoms with van der Waals surface area (Å²) in [6, 6.07) is 7.28. The molecule has 4 heteroatoms. The number of nitrogens with zero attached hydrogens (tertiary/aromatic N) is 1. The van der Waals surface area contributed by atoms with E-state index < -0.39 is 5.97 Å². The van der Waals surface area contributed by atoms with Gasteiger partial charge < -0.3 is 10.0 Å². The average Bonchev–Trinajstić information content (AvgIpc) is 3.31. The van der Waals surface area contributed by atoms with Crippen molar-refractivity contribution in [3.8, 4) is 0 Å². The van der Waals surface area contributed by atoms with Crippen LogP contribution >= 0.6 is 0 Å². The molecule has 0 aromatic heterocycles. The van der Waals surface area contributed by atoms with Gasteiger partial charge in [0, 0.05) is 12.1 Å². The Kier molecular flexibility index (Phi) is 5.22. The Labute approximate surface area is 132 Å². The third-order valence-corrected chi connectivity index (χ3v) is 4.66. The fourth-order valence-corrected chi connectivity index (χ4v) is 2.81. The average molecular weight is 303 g/mol. The largest absolute Gasteiger partial charge is 0.478 e. The number of amides is 1. The highest BCUT2D eigenvalue weighted by Crippen LogP contribution is 2.32. The Morgan fingerprint density at radius 1 is 1.32 bits per heavy atom. The van der Waals surface area contributed by atoms with Crippen LogP contribution in [0.4, 0.5) is 0 Å². The van der Waals surface area contributed by atoms with Crippen molar-refractivity contribution in [2.75, 3.05) is 0 Å². The summed E-state index contributed by atoms with van der Waals surface area (Å²) in [7, 11) is 0. The van der Waals surface area contributed by atoms with Crippen LogP contribution in [0.25, 0.3) is 0 Å². The third kappa shape index (κ3) is 3.87. The molecule has 0 spiro atoms. The van der Waals surface area contributed by atoms with Crippen LogP contribution in [0.15, 0.2) is 24.3 Å². The molecule has 1 aliphatic carbocycles. The van der Waals surface area contributed by atoms with Crippen molar-refractivity contribution in [1.29, 1.82) is 0 Å². The van der Waals surface area contributed by atoms with Crippen molar-refractivity contribution < 1.29 is 14.7 Å². The van der Waals surface area contributed by atoms with E-state index in [1.807, 2.05) is 11.0 Å². The number of hydrogen-bond acceptors (Lipinski definition) is 2. The molecule has 22 heavy (non-hydrogen) atoms. The van der Waals surface area contributed by atoms with Crippen molar-refractivity contribution in [3.05, 3.63) is 35.4 Å². The number of carboxylic acids is 1. The number of benzene rings is 1. The minimum Gasteiger partial charge on any atom is -0.478 e. The Balaban J connectivity index is 2.11. The predicted molar refractivity (Wildman–Crippen MR) is 85.9 cm³/mol. The van der Waals surface area contributed by atoms with Crippen LogP contribution in [-0.2, 0) is 11.2 Å². The number of hydrogen-bond donors (Lipinski definition) is 1. The van der Waals surface area contributed by atoms with E-state index in [0.717, 1.165) is 24.8 Å². The number of carbonyl (C=O) groups excluding carboxylic acids is 1. The van der Waals surface area contributed by atoms with E-state index in [-0.39, 0.29) is 23.9 Å². The van der Waals surface area contributed by atoms with Crippen molar-refractivity contribution in [2.45, 2.75) is 58.5 Å². The van der Waals surface area contributed by atoms with Crippen LogP contribution in [0.1, 0.15) is 56.0 Å². The molecule has 0 saturated heterocycles. The number of carbonyl (C=O) groups is 2. The van der Waals surface area contributed by atoms with Gasteiger partial charge in [-0.2, -0.15) is 0 Å². The quantitative estimate of drug-likeness (QED) is 0.840. The molecule has 1 N–H and O–H groups in total. The topological polar surface area (TPSA) is 57.6 Å². The summed E-state index contributed by atoms with van der Waals surface area (Å²) in [5.41, 5.74) is 1.00. The maximum Gasteiger partial charge on any atom is 0.335 e. The lowest BCUT2D eigenvalue weighted by Gasteiger charge is -2.33. The van der Waals surface area contributed by atoms with Crippen LogP contribution in [0.2, 0.25) is 0 Å². The molecule has 120 valence electrons. The Morgan fingerprint density at radius 3 is 2.55 bits per heavy atom. The monoisotopic (exact) mass is 303 g/mol. The zero-order valence-electron chi connectivity index (χ0n) is 13.6. The lowest BCUT2D eigenvalue weighted by atomic mass is 9.98. The third-order valence-electron chi connectivity index (χ3n) is 4.66. The van der Waals surface area contributed by atoms with Crippen molar-refractivity contribution in [2.24, 2.45) is 5.92 Å². The van der Waals surface area contributed by atoms with Crippen LogP contribution in [0.5, 0.6) is 0 Å². The van der Waals surface area contributed by atoms with Gasteiger partial charge in [0.25, 0.3) is 0 Å². The fraction of sp³-hybridized carbons (Fsp3) is 0.556. The van der Waals surface area contributed by atoms with Gasteiger partial charge in [-0.25, -0.2) is 4.79 Å². The fourth-order valence-electron chi connectivity index (χ4n) is 2.81. The molecule has 4 nitrogen and oxygen atoms in total. The Hall–Kier alpha value is -1.84. The summed E-state index contributed by atoms with van der Waals surface area (Å²) >= 11 is 0. The summed E-state index contributed by atoms with van der Waals surface area (Å²) in [6.45, 7) is 6.45. The van der Waals surface area contributed by atoms with Gasteiger partial charge in [-0.1, -0.05) is 32.4 Å². The molecule has 2 unspecified atom stereocenters. The first kappa shape index (κ1) is 16.5. The summed E-state index contributed by atoms with van der Waals surface area (Å²) in [6.07, 6.45) is 3.49. The molecule has 1 aromatic carbocycles. The van der Waals surface area contributed by atoms with Crippen LogP contribution in [-0.4, -0.2) is 34.0 Å². The lowest BCUT2D eigenvalue weighted by molar-refractivity contribution is -0.134. The zero-order valence-corrected chi connectivity index (χ0v) is 13.6. The number of rotatable bonds is 7. The van der Waals surface area contributed by atoms with Gasteiger partial charge in [0.1, 0.15) is 0 Å². The first-order chi connectivity index (χ1) is 10.4. The minimum absolute atomic E-state index is 0.109. The van der Waals surface area contributed by atoms with E-state index in [9.17, 15) is 9.59 Å². The summed E-state index contributed by atoms with van der Waals surface area (Å²) in [5, 5.41) is 9.05. The highest BCUT2D eigenvalue weighted by atomic mass is 16.4. The van der Waals surface area contributed by atoms with E-state index in [4.69, 9.17) is 5.11 Å². The highest BCUT2D eigenvalue weighted by molar-refractivity contribution is 5.88. The molecule has 1 amide bonds. The van der Waals surface area contributed by atoms with E-state index in [1.165, 1.54) is 0 Å². The van der Waals surface area contributed by atoms with Gasteiger partial charge in [0.15, 0.2) is 0 Å². The Morgan fingerprint density at radius 2 is 2.00 bits per heavy atom. The van der Waals surface area contributed by atoms with E-state index in [2.05, 4.69) is 20.8 Å². The SMILES string of the molecule is CCC(C)C(C)N(C(=O)Cc1cccc(C(=O)O)c1)C1CC1. The maximum absolute atomic E-state index is 12.7. The zero-order chi connectivity index (χ0) is 16.3. The van der Waals surface area contributed by atoms with Gasteiger partial charge in [-0.15, -0.1) is 0 Å². The minimum atomic E-state index is -0.957. The van der Waals surface area contributed by atoms with Gasteiger partial charge >= 0.3 is 5.97 Å². The molecule has 0 bridgehead atoms. The molecular formula is C18H25NO3. The van der Waals surface area contributed by atoms with Crippen LogP contribution in [0, 0.1) is 5.92 Å². The first-order valence-corrected chi connectivity index (χ1v) is 8.07. The van der Waals surface area contributed by atoms with Crippen molar-refractivity contribution >= 4 is 11.9 Å². The summed E-state index contributed by atoms with van der Waals surface area (Å²) in [4.78, 5) is 25.8. The van der Waals surface area contributed by atoms with E-state index in [1.54, 1.807) is 18.2 Å². The molecule has 0 aliphatic heterocycles. The van der Waals surface area contributed by atoms with Crippen molar-refractivity contribution in [1.82, 2.24) is 4.90 Å². The smallest absolute Gasteiger partial charge is 0.335 e. The van der Waals surface area contributed by atoms with Gasteiger partial charge in [-0.05, 0) is 43.4 Å². The number of aromatic carboxylic acids is 1. The van der Waals surface area contributed by atoms with E-state index >= 15 is 0 Å². The molecular weight excluding hydrogens is 278 g/mol. The highest BCUT2D eigenvalue weighted by Gasteiger charge is 2.36. The molecule has 1 fully saturated rings. The molecule has 0 radical (unpaired) electrons. The van der Waals surface area contributed by atoms with Gasteiger partial charge in [0.05, 0.1) is 12.0 Å². The second-order valence-corrected chi connectivity index (χ2v) is 6.34. The normalized spacial score (nSPS) is 16.9. The lowest BCUT2D eigenvalue weighted by Crippen LogP contribution is -2.44. The van der Waals surface area contributed by atoms with Gasteiger partial charge in [0.2, 0.25) is 5.91 Å². The Bertz CT molecular complexity index is 551. The maximum atomic E-state index is 12.7. The van der Waals surface area contributed by atoms with Crippen LogP contribution < -0.4 is 0 Å². The summed E-state index contributed by atoms with van der Waals surface area (Å²) < 4.78 is 0. The predicted octanol–water partition coefficient (Wildman–Crippen LogP) is 3.35. The molecule has 1 aliphatic rings. The van der Waals surface area contributed by atoms with E-state index in [0.29, 0.717) is 12.0 Å². The van der Waals surface area contributed by atoms with Crippen LogP contribution in [0.3, 0.4) is 0 Å². The molecule has 1 saturated carbocycles. The second kappa shape index (κ2) is 6.95. The van der Waals surface area contributed by atoms with Crippen molar-refractivity contribution in [3.63, 3.8) is 0 Å². The standard InChI is InChI=1S/C18H25NO3/c1-4-12(2)13(3)19(16-8-9-16)17(20)11-14-6-5-7-15(10-14)18(21)22/h5-7,10,12-13,16H,4,8-9,11H2,1-3H3,(H,21,22). The summed E-state index contributed by atoms with van der Waals surface area (Å²) in [5.74, 6) is -0.380. The molecule has 2 atom stereocenters. The molecule has 0 heterocycles. The number of carboxylic acid groups (broad SMARTS) is 1. The van der Waals surface area contributed by atoms with Gasteiger partial charge in [-0.3, -0.25) is 4.79 Å².